The number of hydrogen-bond donors (Lipinski definition) is 3. The van der Waals surface area contributed by atoms with Gasteiger partial charge in [0.1, 0.15) is 5.75 Å². The molecule has 0 aliphatic heterocycles. The van der Waals surface area contributed by atoms with Crippen LogP contribution in [0, 0.1) is 0 Å². The minimum atomic E-state index is -0.358. The van der Waals surface area contributed by atoms with E-state index < -0.39 is 0 Å². The van der Waals surface area contributed by atoms with Crippen LogP contribution in [0.1, 0.15) is 27.6 Å². The Morgan fingerprint density at radius 3 is 2.07 bits per heavy atom. The number of ether oxygens (including phenoxy) is 1. The van der Waals surface area contributed by atoms with Gasteiger partial charge in [-0.15, -0.1) is 0 Å². The highest BCUT2D eigenvalue weighted by atomic mass is 32.1. The molecule has 0 radical (unpaired) electrons. The van der Waals surface area contributed by atoms with Gasteiger partial charge in [0.2, 0.25) is 0 Å². The Morgan fingerprint density at radius 2 is 1.40 bits per heavy atom. The Balaban J connectivity index is 1.57. The molecule has 152 valence electrons. The number of nitrogens with one attached hydrogen (secondary N) is 3. The van der Waals surface area contributed by atoms with Gasteiger partial charge in [0.25, 0.3) is 11.8 Å². The van der Waals surface area contributed by atoms with Crippen molar-refractivity contribution in [3.8, 4) is 5.75 Å². The highest BCUT2D eigenvalue weighted by molar-refractivity contribution is 7.80. The molecule has 0 saturated heterocycles. The van der Waals surface area contributed by atoms with Gasteiger partial charge in [0, 0.05) is 16.9 Å². The molecule has 2 amide bonds. The van der Waals surface area contributed by atoms with Crippen molar-refractivity contribution in [3.05, 3.63) is 90.0 Å². The van der Waals surface area contributed by atoms with Crippen molar-refractivity contribution in [1.82, 2.24) is 5.32 Å². The lowest BCUT2D eigenvalue weighted by Crippen LogP contribution is -2.34. The predicted octanol–water partition coefficient (Wildman–Crippen LogP) is 4.46. The van der Waals surface area contributed by atoms with Gasteiger partial charge in [-0.25, -0.2) is 0 Å². The molecule has 0 bridgehead atoms. The van der Waals surface area contributed by atoms with E-state index in [0.717, 1.165) is 0 Å². The van der Waals surface area contributed by atoms with Crippen LogP contribution in [0.4, 0.5) is 11.4 Å². The standard InChI is InChI=1S/C23H21N3O3S/c1-2-29-20-11-7-6-10-19(20)22(28)26-23(30)25-18-14-12-17(13-15-18)24-21(27)16-8-4-3-5-9-16/h3-15H,2H2,1H3,(H,24,27)(H2,25,26,28,30). The van der Waals surface area contributed by atoms with Crippen LogP contribution in [-0.2, 0) is 0 Å². The summed E-state index contributed by atoms with van der Waals surface area (Å²) in [6, 6.07) is 22.9. The summed E-state index contributed by atoms with van der Waals surface area (Å²) in [6.45, 7) is 2.31. The Morgan fingerprint density at radius 1 is 0.800 bits per heavy atom. The molecule has 3 N–H and O–H groups in total. The zero-order valence-corrected chi connectivity index (χ0v) is 17.2. The minimum absolute atomic E-state index is 0.160. The maximum absolute atomic E-state index is 12.5. The molecule has 6 nitrogen and oxygen atoms in total. The molecule has 3 aromatic carbocycles. The van der Waals surface area contributed by atoms with Crippen LogP contribution in [0.2, 0.25) is 0 Å². The highest BCUT2D eigenvalue weighted by Gasteiger charge is 2.13. The van der Waals surface area contributed by atoms with E-state index in [4.69, 9.17) is 17.0 Å². The molecule has 0 spiro atoms. The zero-order valence-electron chi connectivity index (χ0n) is 16.3. The molecule has 0 heterocycles. The van der Waals surface area contributed by atoms with Crippen LogP contribution in [0.15, 0.2) is 78.9 Å². The minimum Gasteiger partial charge on any atom is -0.493 e. The van der Waals surface area contributed by atoms with E-state index >= 15 is 0 Å². The first-order valence-electron chi connectivity index (χ1n) is 9.37. The molecule has 3 aromatic rings. The third-order valence-corrected chi connectivity index (χ3v) is 4.30. The van der Waals surface area contributed by atoms with E-state index in [1.165, 1.54) is 0 Å². The van der Waals surface area contributed by atoms with Crippen molar-refractivity contribution < 1.29 is 14.3 Å². The van der Waals surface area contributed by atoms with Crippen LogP contribution >= 0.6 is 12.2 Å². The number of para-hydroxylation sites is 1. The smallest absolute Gasteiger partial charge is 0.261 e. The third kappa shape index (κ3) is 5.65. The summed E-state index contributed by atoms with van der Waals surface area (Å²) < 4.78 is 5.48. The number of hydrogen-bond acceptors (Lipinski definition) is 4. The maximum atomic E-state index is 12.5. The van der Waals surface area contributed by atoms with Crippen molar-refractivity contribution in [1.29, 1.82) is 0 Å². The van der Waals surface area contributed by atoms with Crippen molar-refractivity contribution in [2.45, 2.75) is 6.92 Å². The molecule has 0 aliphatic carbocycles. The highest BCUT2D eigenvalue weighted by Crippen LogP contribution is 2.18. The number of anilines is 2. The molecule has 7 heteroatoms. The average Bonchev–Trinajstić information content (AvgIpc) is 2.76. The van der Waals surface area contributed by atoms with Gasteiger partial charge in [0.15, 0.2) is 5.11 Å². The summed E-state index contributed by atoms with van der Waals surface area (Å²) in [5, 5.41) is 8.58. The van der Waals surface area contributed by atoms with Gasteiger partial charge in [-0.2, -0.15) is 0 Å². The van der Waals surface area contributed by atoms with Crippen molar-refractivity contribution in [2.75, 3.05) is 17.2 Å². The molecule has 30 heavy (non-hydrogen) atoms. The number of amides is 2. The Labute approximate surface area is 180 Å². The lowest BCUT2D eigenvalue weighted by Gasteiger charge is -2.13. The number of carbonyl (C=O) groups is 2. The second-order valence-corrected chi connectivity index (χ2v) is 6.64. The first-order valence-corrected chi connectivity index (χ1v) is 9.78. The normalized spacial score (nSPS) is 10.0. The van der Waals surface area contributed by atoms with Crippen LogP contribution in [0.3, 0.4) is 0 Å². The topological polar surface area (TPSA) is 79.5 Å². The fourth-order valence-corrected chi connectivity index (χ4v) is 2.91. The van der Waals surface area contributed by atoms with Gasteiger partial charge < -0.3 is 15.4 Å². The average molecular weight is 420 g/mol. The molecule has 0 aliphatic rings. The fourth-order valence-electron chi connectivity index (χ4n) is 2.70. The molecule has 0 atom stereocenters. The zero-order chi connectivity index (χ0) is 21.3. The first-order chi connectivity index (χ1) is 14.6. The first kappa shape index (κ1) is 21.0. The van der Waals surface area contributed by atoms with Crippen molar-refractivity contribution in [2.24, 2.45) is 0 Å². The van der Waals surface area contributed by atoms with E-state index in [-0.39, 0.29) is 16.9 Å². The number of thiocarbonyl (C=S) groups is 1. The second kappa shape index (κ2) is 10.2. The van der Waals surface area contributed by atoms with E-state index in [2.05, 4.69) is 16.0 Å². The Hall–Kier alpha value is -3.71. The van der Waals surface area contributed by atoms with Gasteiger partial charge >= 0.3 is 0 Å². The van der Waals surface area contributed by atoms with E-state index in [9.17, 15) is 9.59 Å². The fraction of sp³-hybridized carbons (Fsp3) is 0.0870. The summed E-state index contributed by atoms with van der Waals surface area (Å²) >= 11 is 5.23. The van der Waals surface area contributed by atoms with Crippen molar-refractivity contribution >= 4 is 40.5 Å². The molecule has 0 saturated carbocycles. The largest absolute Gasteiger partial charge is 0.493 e. The summed E-state index contributed by atoms with van der Waals surface area (Å²) in [4.78, 5) is 24.7. The molecule has 0 fully saturated rings. The Bertz CT molecular complexity index is 1040. The second-order valence-electron chi connectivity index (χ2n) is 6.23. The Kier molecular flexibility index (Phi) is 7.13. The molecule has 0 unspecified atom stereocenters. The van der Waals surface area contributed by atoms with Crippen LogP contribution in [-0.4, -0.2) is 23.5 Å². The predicted molar refractivity (Wildman–Crippen MR) is 122 cm³/mol. The third-order valence-electron chi connectivity index (χ3n) is 4.10. The van der Waals surface area contributed by atoms with E-state index in [0.29, 0.717) is 34.9 Å². The van der Waals surface area contributed by atoms with Crippen LogP contribution in [0.5, 0.6) is 5.75 Å². The summed E-state index contributed by atoms with van der Waals surface area (Å²) in [7, 11) is 0. The summed E-state index contributed by atoms with van der Waals surface area (Å²) in [6.07, 6.45) is 0. The van der Waals surface area contributed by atoms with Gasteiger partial charge in [-0.1, -0.05) is 30.3 Å². The van der Waals surface area contributed by atoms with Crippen LogP contribution < -0.4 is 20.7 Å². The lowest BCUT2D eigenvalue weighted by molar-refractivity contribution is 0.0972. The molecular formula is C23H21N3O3S. The van der Waals surface area contributed by atoms with E-state index in [1.54, 1.807) is 60.7 Å². The quantitative estimate of drug-likeness (QED) is 0.514. The number of rotatable bonds is 6. The number of carbonyl (C=O) groups excluding carboxylic acids is 2. The molecule has 0 aromatic heterocycles. The summed E-state index contributed by atoms with van der Waals surface area (Å²) in [5.41, 5.74) is 2.31. The van der Waals surface area contributed by atoms with Gasteiger partial charge in [-0.3, -0.25) is 14.9 Å². The SMILES string of the molecule is CCOc1ccccc1C(=O)NC(=S)Nc1ccc(NC(=O)c2ccccc2)cc1. The van der Waals surface area contributed by atoms with Gasteiger partial charge in [0.05, 0.1) is 12.2 Å². The summed E-state index contributed by atoms with van der Waals surface area (Å²) in [5.74, 6) is -0.0471. The molecule has 3 rings (SSSR count). The monoisotopic (exact) mass is 419 g/mol. The van der Waals surface area contributed by atoms with E-state index in [1.807, 2.05) is 25.1 Å². The molecular weight excluding hydrogens is 398 g/mol. The van der Waals surface area contributed by atoms with Gasteiger partial charge in [-0.05, 0) is 67.7 Å². The van der Waals surface area contributed by atoms with Crippen molar-refractivity contribution in [3.63, 3.8) is 0 Å². The maximum Gasteiger partial charge on any atom is 0.261 e. The number of benzene rings is 3. The lowest BCUT2D eigenvalue weighted by atomic mass is 10.2. The van der Waals surface area contributed by atoms with Crippen LogP contribution in [0.25, 0.3) is 0 Å².